The Morgan fingerprint density at radius 2 is 1.88 bits per heavy atom. The molecule has 2 heterocycles. The third-order valence-corrected chi connectivity index (χ3v) is 4.41. The molecule has 0 saturated carbocycles. The number of benzene rings is 1. The van der Waals surface area contributed by atoms with Crippen LogP contribution in [0.5, 0.6) is 0 Å². The molecule has 25 heavy (non-hydrogen) atoms. The molecule has 8 heteroatoms. The van der Waals surface area contributed by atoms with Crippen LogP contribution in [0, 0.1) is 5.92 Å². The van der Waals surface area contributed by atoms with Gasteiger partial charge in [-0.2, -0.15) is 0 Å². The number of aromatic amines is 1. The van der Waals surface area contributed by atoms with Gasteiger partial charge in [0.2, 0.25) is 0 Å². The van der Waals surface area contributed by atoms with Crippen molar-refractivity contribution in [2.45, 2.75) is 33.5 Å². The molecule has 0 radical (unpaired) electrons. The van der Waals surface area contributed by atoms with Gasteiger partial charge in [0, 0.05) is 17.4 Å². The van der Waals surface area contributed by atoms with E-state index in [1.165, 1.54) is 4.57 Å². The fourth-order valence-corrected chi connectivity index (χ4v) is 3.01. The van der Waals surface area contributed by atoms with Crippen LogP contribution in [-0.4, -0.2) is 24.2 Å². The van der Waals surface area contributed by atoms with Crippen LogP contribution in [-0.2, 0) is 19.7 Å². The third-order valence-electron chi connectivity index (χ3n) is 3.88. The Kier molecular flexibility index (Phi) is 4.91. The normalized spacial score (nSPS) is 11.6. The van der Waals surface area contributed by atoms with Gasteiger partial charge in [-0.15, -0.1) is 0 Å². The molecule has 0 amide bonds. The predicted octanol–water partition coefficient (Wildman–Crippen LogP) is 1.85. The molecule has 3 aromatic rings. The van der Waals surface area contributed by atoms with Crippen LogP contribution in [0.4, 0.5) is 0 Å². The van der Waals surface area contributed by atoms with Crippen molar-refractivity contribution in [3.8, 4) is 0 Å². The van der Waals surface area contributed by atoms with Crippen LogP contribution >= 0.6 is 15.9 Å². The van der Waals surface area contributed by atoms with E-state index in [2.05, 4.69) is 25.9 Å². The Morgan fingerprint density at radius 1 is 1.20 bits per heavy atom. The van der Waals surface area contributed by atoms with Crippen molar-refractivity contribution in [1.29, 1.82) is 0 Å². The molecule has 1 aromatic carbocycles. The van der Waals surface area contributed by atoms with E-state index in [0.717, 1.165) is 14.6 Å². The zero-order valence-electron chi connectivity index (χ0n) is 14.0. The van der Waals surface area contributed by atoms with E-state index >= 15 is 0 Å². The number of aliphatic hydroxyl groups is 1. The molecule has 0 bridgehead atoms. The van der Waals surface area contributed by atoms with E-state index < -0.39 is 18.0 Å². The maximum absolute atomic E-state index is 12.5. The molecule has 2 aromatic heterocycles. The second kappa shape index (κ2) is 6.97. The molecule has 2 N–H and O–H groups in total. The second-order valence-electron chi connectivity index (χ2n) is 6.35. The van der Waals surface area contributed by atoms with E-state index in [1.54, 1.807) is 0 Å². The minimum atomic E-state index is -0.660. The van der Waals surface area contributed by atoms with Crippen LogP contribution in [0.25, 0.3) is 11.2 Å². The number of H-pyrrole nitrogens is 1. The zero-order chi connectivity index (χ0) is 18.1. The van der Waals surface area contributed by atoms with Crippen molar-refractivity contribution in [3.63, 3.8) is 0 Å². The molecule has 0 unspecified atom stereocenters. The predicted molar refractivity (Wildman–Crippen MR) is 98.6 cm³/mol. The van der Waals surface area contributed by atoms with Gasteiger partial charge in [-0.3, -0.25) is 9.36 Å². The molecule has 0 aliphatic carbocycles. The lowest BCUT2D eigenvalue weighted by molar-refractivity contribution is 0.198. The first kappa shape index (κ1) is 17.6. The van der Waals surface area contributed by atoms with E-state index in [4.69, 9.17) is 0 Å². The molecular formula is C17H19BrN4O3. The Labute approximate surface area is 152 Å². The van der Waals surface area contributed by atoms with Crippen molar-refractivity contribution in [2.75, 3.05) is 0 Å². The van der Waals surface area contributed by atoms with Gasteiger partial charge in [0.25, 0.3) is 5.56 Å². The highest BCUT2D eigenvalue weighted by Crippen LogP contribution is 2.15. The summed E-state index contributed by atoms with van der Waals surface area (Å²) in [6.07, 6.45) is 0.510. The van der Waals surface area contributed by atoms with Gasteiger partial charge in [-0.1, -0.05) is 41.9 Å². The smallest absolute Gasteiger partial charge is 0.334 e. The number of imidazole rings is 1. The second-order valence-corrected chi connectivity index (χ2v) is 7.26. The lowest BCUT2D eigenvalue weighted by Crippen LogP contribution is -2.40. The van der Waals surface area contributed by atoms with E-state index in [9.17, 15) is 14.7 Å². The van der Waals surface area contributed by atoms with Gasteiger partial charge in [0.15, 0.2) is 5.65 Å². The summed E-state index contributed by atoms with van der Waals surface area (Å²) in [5.74, 6) is 0.791. The average molecular weight is 407 g/mol. The summed E-state index contributed by atoms with van der Waals surface area (Å²) in [6, 6.07) is 7.80. The van der Waals surface area contributed by atoms with Gasteiger partial charge >= 0.3 is 5.69 Å². The summed E-state index contributed by atoms with van der Waals surface area (Å²) >= 11 is 3.40. The van der Waals surface area contributed by atoms with Crippen LogP contribution in [0.15, 0.2) is 38.3 Å². The molecule has 7 nitrogen and oxygen atoms in total. The molecule has 3 rings (SSSR count). The average Bonchev–Trinajstić information content (AvgIpc) is 2.98. The van der Waals surface area contributed by atoms with Crippen LogP contribution in [0.2, 0.25) is 0 Å². The fraction of sp³-hybridized carbons (Fsp3) is 0.353. The molecule has 0 saturated heterocycles. The fourth-order valence-electron chi connectivity index (χ4n) is 2.75. The number of aromatic nitrogens is 4. The summed E-state index contributed by atoms with van der Waals surface area (Å²) in [5, 5.41) is 9.40. The summed E-state index contributed by atoms with van der Waals surface area (Å²) in [7, 11) is 0. The van der Waals surface area contributed by atoms with Crippen LogP contribution in [0.1, 0.15) is 25.2 Å². The molecule has 0 fully saturated rings. The highest BCUT2D eigenvalue weighted by molar-refractivity contribution is 9.10. The van der Waals surface area contributed by atoms with Crippen molar-refractivity contribution >= 4 is 27.1 Å². The van der Waals surface area contributed by atoms with Gasteiger partial charge in [0.05, 0.1) is 0 Å². The quantitative estimate of drug-likeness (QED) is 0.675. The number of halogens is 1. The third kappa shape index (κ3) is 3.45. The van der Waals surface area contributed by atoms with E-state index in [0.29, 0.717) is 24.4 Å². The molecule has 132 valence electrons. The van der Waals surface area contributed by atoms with Crippen LogP contribution < -0.4 is 11.2 Å². The number of hydrogen-bond acceptors (Lipinski definition) is 4. The largest absolute Gasteiger partial charge is 0.376 e. The standard InChI is InChI=1S/C17H19BrN4O3/c1-10(2)8-21-15-14(16(24)22(9-23)17(21)25)19-13(20-15)7-11-3-5-12(18)6-4-11/h3-6,10,23H,7-9H2,1-2H3,(H,19,20). The minimum Gasteiger partial charge on any atom is -0.376 e. The van der Waals surface area contributed by atoms with Crippen molar-refractivity contribution in [3.05, 3.63) is 61.0 Å². The Balaban J connectivity index is 2.14. The monoisotopic (exact) mass is 406 g/mol. The van der Waals surface area contributed by atoms with Crippen molar-refractivity contribution in [1.82, 2.24) is 19.1 Å². The lowest BCUT2D eigenvalue weighted by Gasteiger charge is -2.11. The number of aliphatic hydroxyl groups excluding tert-OH is 1. The topological polar surface area (TPSA) is 92.9 Å². The first-order valence-electron chi connectivity index (χ1n) is 7.98. The summed E-state index contributed by atoms with van der Waals surface area (Å²) in [6.45, 7) is 3.70. The minimum absolute atomic E-state index is 0.192. The number of fused-ring (bicyclic) bond motifs is 1. The number of nitrogens with zero attached hydrogens (tertiary/aromatic N) is 3. The van der Waals surface area contributed by atoms with Crippen LogP contribution in [0.3, 0.4) is 0 Å². The van der Waals surface area contributed by atoms with Crippen molar-refractivity contribution in [2.24, 2.45) is 5.92 Å². The highest BCUT2D eigenvalue weighted by atomic mass is 79.9. The number of nitrogens with one attached hydrogen (secondary N) is 1. The first-order valence-corrected chi connectivity index (χ1v) is 8.77. The molecule has 0 spiro atoms. The number of hydrogen-bond donors (Lipinski definition) is 2. The summed E-state index contributed by atoms with van der Waals surface area (Å²) in [5.41, 5.74) is 0.497. The summed E-state index contributed by atoms with van der Waals surface area (Å²) in [4.78, 5) is 32.4. The SMILES string of the molecule is CC(C)Cn1c(=O)n(CO)c(=O)c2[nH]c(Cc3ccc(Br)cc3)nc21. The highest BCUT2D eigenvalue weighted by Gasteiger charge is 2.17. The van der Waals surface area contributed by atoms with Gasteiger partial charge in [-0.05, 0) is 23.6 Å². The molecule has 0 aliphatic rings. The first-order chi connectivity index (χ1) is 11.9. The van der Waals surface area contributed by atoms with E-state index in [1.807, 2.05) is 38.1 Å². The van der Waals surface area contributed by atoms with Crippen molar-refractivity contribution < 1.29 is 5.11 Å². The Bertz CT molecular complexity index is 1020. The Hall–Kier alpha value is -2.19. The zero-order valence-corrected chi connectivity index (χ0v) is 15.6. The van der Waals surface area contributed by atoms with Gasteiger partial charge < -0.3 is 10.1 Å². The molecule has 0 atom stereocenters. The maximum Gasteiger partial charge on any atom is 0.334 e. The lowest BCUT2D eigenvalue weighted by atomic mass is 10.1. The Morgan fingerprint density at radius 3 is 2.48 bits per heavy atom. The van der Waals surface area contributed by atoms with Gasteiger partial charge in [0.1, 0.15) is 18.1 Å². The maximum atomic E-state index is 12.5. The van der Waals surface area contributed by atoms with E-state index in [-0.39, 0.29) is 11.4 Å². The number of rotatable bonds is 5. The summed E-state index contributed by atoms with van der Waals surface area (Å²) < 4.78 is 3.24. The van der Waals surface area contributed by atoms with Gasteiger partial charge in [-0.25, -0.2) is 14.3 Å². The molecule has 0 aliphatic heterocycles. The molecular weight excluding hydrogens is 388 g/mol.